The van der Waals surface area contributed by atoms with Crippen LogP contribution in [0.25, 0.3) is 17.4 Å². The molecule has 0 aliphatic heterocycles. The van der Waals surface area contributed by atoms with Crippen LogP contribution < -0.4 is 5.32 Å². The smallest absolute Gasteiger partial charge is 0.266 e. The minimum Gasteiger partial charge on any atom is -0.457 e. The number of anilines is 1. The lowest BCUT2D eigenvalue weighted by molar-refractivity contribution is -0.112. The number of hydrogen-bond acceptors (Lipinski definition) is 3. The van der Waals surface area contributed by atoms with E-state index in [0.717, 1.165) is 11.1 Å². The molecule has 3 rings (SSSR count). The summed E-state index contributed by atoms with van der Waals surface area (Å²) in [5.41, 5.74) is 3.15. The lowest BCUT2D eigenvalue weighted by Crippen LogP contribution is -2.14. The number of nitriles is 1. The summed E-state index contributed by atoms with van der Waals surface area (Å²) < 4.78 is 5.73. The Morgan fingerprint density at radius 1 is 1.14 bits per heavy atom. The summed E-state index contributed by atoms with van der Waals surface area (Å²) in [4.78, 5) is 12.5. The number of benzene rings is 2. The number of carbonyl (C=O) groups excluding carboxylic acids is 1. The van der Waals surface area contributed by atoms with Crippen molar-refractivity contribution in [1.82, 2.24) is 0 Å². The van der Waals surface area contributed by atoms with Crippen LogP contribution in [0.3, 0.4) is 0 Å². The van der Waals surface area contributed by atoms with Crippen molar-refractivity contribution < 1.29 is 9.21 Å². The van der Waals surface area contributed by atoms with Gasteiger partial charge in [-0.25, -0.2) is 0 Å². The molecule has 1 N–H and O–H groups in total. The highest BCUT2D eigenvalue weighted by atomic mass is 35.5. The Balaban J connectivity index is 1.86. The van der Waals surface area contributed by atoms with Crippen molar-refractivity contribution in [1.29, 1.82) is 5.26 Å². The van der Waals surface area contributed by atoms with E-state index in [0.29, 0.717) is 32.8 Å². The summed E-state index contributed by atoms with van der Waals surface area (Å²) in [6, 6.07) is 16.2. The fourth-order valence-corrected chi connectivity index (χ4v) is 3.01. The van der Waals surface area contributed by atoms with E-state index in [1.807, 2.05) is 38.1 Å². The standard InChI is InChI=1S/C22H16Cl2N2O2/c1-13-6-7-14(2)19(10-13)26-22(27)15(12-25)11-16-8-9-20(28-16)17-4-3-5-18(23)21(17)24/h3-11H,1-2H3,(H,26,27)/b15-11+. The van der Waals surface area contributed by atoms with Gasteiger partial charge in [0, 0.05) is 17.3 Å². The van der Waals surface area contributed by atoms with Crippen molar-refractivity contribution in [3.63, 3.8) is 0 Å². The first-order valence-corrected chi connectivity index (χ1v) is 9.19. The van der Waals surface area contributed by atoms with Gasteiger partial charge in [-0.15, -0.1) is 0 Å². The minimum absolute atomic E-state index is 0.0704. The number of carbonyl (C=O) groups is 1. The van der Waals surface area contributed by atoms with E-state index < -0.39 is 5.91 Å². The molecule has 0 saturated heterocycles. The van der Waals surface area contributed by atoms with Gasteiger partial charge < -0.3 is 9.73 Å². The Morgan fingerprint density at radius 3 is 2.68 bits per heavy atom. The number of nitrogens with zero attached hydrogens (tertiary/aromatic N) is 1. The molecule has 1 aromatic heterocycles. The van der Waals surface area contributed by atoms with Gasteiger partial charge in [-0.1, -0.05) is 41.4 Å². The Hall–Kier alpha value is -3.00. The number of halogens is 2. The quantitative estimate of drug-likeness (QED) is 0.398. The van der Waals surface area contributed by atoms with Gasteiger partial charge in [0.05, 0.1) is 10.0 Å². The molecule has 0 fully saturated rings. The largest absolute Gasteiger partial charge is 0.457 e. The predicted molar refractivity (Wildman–Crippen MR) is 112 cm³/mol. The first-order chi connectivity index (χ1) is 13.4. The maximum atomic E-state index is 12.5. The number of amides is 1. The van der Waals surface area contributed by atoms with Gasteiger partial charge in [0.1, 0.15) is 23.2 Å². The first kappa shape index (κ1) is 19.8. The van der Waals surface area contributed by atoms with Crippen LogP contribution in [0.2, 0.25) is 10.0 Å². The number of nitrogens with one attached hydrogen (secondary N) is 1. The second-order valence-electron chi connectivity index (χ2n) is 6.25. The monoisotopic (exact) mass is 410 g/mol. The average molecular weight is 411 g/mol. The molecular weight excluding hydrogens is 395 g/mol. The van der Waals surface area contributed by atoms with Crippen LogP contribution in [0.4, 0.5) is 5.69 Å². The number of furan rings is 1. The summed E-state index contributed by atoms with van der Waals surface area (Å²) in [6.07, 6.45) is 1.39. The van der Waals surface area contributed by atoms with Crippen LogP contribution in [-0.4, -0.2) is 5.91 Å². The molecule has 0 unspecified atom stereocenters. The Kier molecular flexibility index (Phi) is 5.89. The van der Waals surface area contributed by atoms with Crippen LogP contribution in [-0.2, 0) is 4.79 Å². The highest BCUT2D eigenvalue weighted by Crippen LogP contribution is 2.34. The topological polar surface area (TPSA) is 66.0 Å². The molecule has 1 amide bonds. The highest BCUT2D eigenvalue weighted by molar-refractivity contribution is 6.43. The minimum atomic E-state index is -0.505. The first-order valence-electron chi connectivity index (χ1n) is 8.43. The molecule has 2 aromatic carbocycles. The summed E-state index contributed by atoms with van der Waals surface area (Å²) >= 11 is 12.3. The molecule has 0 bridgehead atoms. The molecule has 4 nitrogen and oxygen atoms in total. The fraction of sp³-hybridized carbons (Fsp3) is 0.0909. The summed E-state index contributed by atoms with van der Waals surface area (Å²) in [6.45, 7) is 3.82. The Labute approximate surface area is 173 Å². The van der Waals surface area contributed by atoms with Crippen molar-refractivity contribution in [3.05, 3.63) is 81.0 Å². The van der Waals surface area contributed by atoms with E-state index in [1.54, 1.807) is 30.3 Å². The number of aryl methyl sites for hydroxylation is 2. The average Bonchev–Trinajstić information content (AvgIpc) is 3.13. The lowest BCUT2D eigenvalue weighted by atomic mass is 10.1. The van der Waals surface area contributed by atoms with Crippen LogP contribution in [0.5, 0.6) is 0 Å². The van der Waals surface area contributed by atoms with Gasteiger partial charge in [-0.2, -0.15) is 5.26 Å². The fourth-order valence-electron chi connectivity index (χ4n) is 2.62. The zero-order valence-electron chi connectivity index (χ0n) is 15.2. The molecule has 3 aromatic rings. The Morgan fingerprint density at radius 2 is 1.93 bits per heavy atom. The molecule has 0 aliphatic carbocycles. The van der Waals surface area contributed by atoms with Crippen molar-refractivity contribution in [2.45, 2.75) is 13.8 Å². The third-order valence-corrected chi connectivity index (χ3v) is 4.96. The third-order valence-electron chi connectivity index (χ3n) is 4.14. The maximum Gasteiger partial charge on any atom is 0.266 e. The molecule has 0 atom stereocenters. The molecule has 1 heterocycles. The summed E-state index contributed by atoms with van der Waals surface area (Å²) in [7, 11) is 0. The van der Waals surface area contributed by atoms with Crippen molar-refractivity contribution in [2.75, 3.05) is 5.32 Å². The van der Waals surface area contributed by atoms with Gasteiger partial charge in [0.25, 0.3) is 5.91 Å². The van der Waals surface area contributed by atoms with Crippen LogP contribution in [0.15, 0.2) is 58.5 Å². The van der Waals surface area contributed by atoms with Crippen molar-refractivity contribution in [2.24, 2.45) is 0 Å². The van der Waals surface area contributed by atoms with Gasteiger partial charge in [0.2, 0.25) is 0 Å². The number of hydrogen-bond donors (Lipinski definition) is 1. The molecule has 0 aliphatic rings. The second kappa shape index (κ2) is 8.35. The van der Waals surface area contributed by atoms with Gasteiger partial charge in [-0.3, -0.25) is 4.79 Å². The molecule has 0 spiro atoms. The predicted octanol–water partition coefficient (Wildman–Crippen LogP) is 6.42. The third kappa shape index (κ3) is 4.28. The van der Waals surface area contributed by atoms with E-state index in [2.05, 4.69) is 5.32 Å². The van der Waals surface area contributed by atoms with Crippen LogP contribution in [0.1, 0.15) is 16.9 Å². The van der Waals surface area contributed by atoms with E-state index >= 15 is 0 Å². The van der Waals surface area contributed by atoms with Crippen LogP contribution >= 0.6 is 23.2 Å². The summed E-state index contributed by atoms with van der Waals surface area (Å²) in [5.74, 6) is 0.347. The van der Waals surface area contributed by atoms with Crippen molar-refractivity contribution in [3.8, 4) is 17.4 Å². The number of rotatable bonds is 4. The van der Waals surface area contributed by atoms with E-state index in [4.69, 9.17) is 27.6 Å². The normalized spacial score (nSPS) is 11.2. The van der Waals surface area contributed by atoms with Gasteiger partial charge in [0.15, 0.2) is 0 Å². The molecule has 6 heteroatoms. The van der Waals surface area contributed by atoms with Crippen molar-refractivity contribution >= 4 is 40.9 Å². The molecular formula is C22H16Cl2N2O2. The Bertz CT molecular complexity index is 1120. The zero-order chi connectivity index (χ0) is 20.3. The SMILES string of the molecule is Cc1ccc(C)c(NC(=O)/C(C#N)=C/c2ccc(-c3cccc(Cl)c3Cl)o2)c1. The molecule has 140 valence electrons. The summed E-state index contributed by atoms with van der Waals surface area (Å²) in [5, 5.41) is 13.0. The second-order valence-corrected chi connectivity index (χ2v) is 7.03. The van der Waals surface area contributed by atoms with Gasteiger partial charge >= 0.3 is 0 Å². The highest BCUT2D eigenvalue weighted by Gasteiger charge is 2.14. The van der Waals surface area contributed by atoms with Gasteiger partial charge in [-0.05, 0) is 55.3 Å². The molecule has 0 radical (unpaired) electrons. The maximum absolute atomic E-state index is 12.5. The van der Waals surface area contributed by atoms with E-state index in [9.17, 15) is 10.1 Å². The zero-order valence-corrected chi connectivity index (χ0v) is 16.7. The van der Waals surface area contributed by atoms with Crippen LogP contribution in [0, 0.1) is 25.2 Å². The molecule has 28 heavy (non-hydrogen) atoms. The van der Waals surface area contributed by atoms with E-state index in [1.165, 1.54) is 6.08 Å². The lowest BCUT2D eigenvalue weighted by Gasteiger charge is -2.08. The molecule has 0 saturated carbocycles. The van der Waals surface area contributed by atoms with E-state index in [-0.39, 0.29) is 5.57 Å².